The van der Waals surface area contributed by atoms with E-state index in [9.17, 15) is 22.4 Å². The monoisotopic (exact) mass is 567 g/mol. The van der Waals surface area contributed by atoms with Crippen LogP contribution in [-0.2, 0) is 32.6 Å². The Bertz CT molecular complexity index is 1410. The normalized spacial score (nSPS) is 12.0. The second kappa shape index (κ2) is 14.1. The summed E-state index contributed by atoms with van der Waals surface area (Å²) in [7, 11) is -3.88. The van der Waals surface area contributed by atoms with E-state index in [0.717, 1.165) is 34.5 Å². The molecule has 40 heavy (non-hydrogen) atoms. The van der Waals surface area contributed by atoms with E-state index in [1.165, 1.54) is 11.0 Å². The number of aryl methyl sites for hydroxylation is 2. The van der Waals surface area contributed by atoms with Gasteiger partial charge in [0.1, 0.15) is 18.4 Å². The zero-order valence-corrected chi connectivity index (χ0v) is 24.4. The molecule has 3 aromatic carbocycles. The van der Waals surface area contributed by atoms with Crippen LogP contribution in [0.4, 0.5) is 10.1 Å². The second-order valence-electron chi connectivity index (χ2n) is 10.0. The number of nitrogens with one attached hydrogen (secondary N) is 1. The minimum atomic E-state index is -3.88. The van der Waals surface area contributed by atoms with Crippen molar-refractivity contribution in [3.63, 3.8) is 0 Å². The molecule has 214 valence electrons. The number of benzene rings is 3. The minimum Gasteiger partial charge on any atom is -0.354 e. The van der Waals surface area contributed by atoms with Crippen LogP contribution in [0.1, 0.15) is 42.0 Å². The molecule has 0 aliphatic rings. The van der Waals surface area contributed by atoms with E-state index >= 15 is 0 Å². The van der Waals surface area contributed by atoms with Crippen molar-refractivity contribution in [1.82, 2.24) is 10.2 Å². The average Bonchev–Trinajstić information content (AvgIpc) is 2.91. The van der Waals surface area contributed by atoms with Crippen molar-refractivity contribution < 1.29 is 22.4 Å². The van der Waals surface area contributed by atoms with Crippen LogP contribution in [0.3, 0.4) is 0 Å². The molecule has 0 fully saturated rings. The summed E-state index contributed by atoms with van der Waals surface area (Å²) >= 11 is 0. The number of halogens is 1. The lowest BCUT2D eigenvalue weighted by atomic mass is 10.0. The first-order chi connectivity index (χ1) is 19.0. The Labute approximate surface area is 237 Å². The van der Waals surface area contributed by atoms with E-state index in [4.69, 9.17) is 0 Å². The van der Waals surface area contributed by atoms with Gasteiger partial charge in [-0.15, -0.1) is 0 Å². The first-order valence-corrected chi connectivity index (χ1v) is 15.3. The van der Waals surface area contributed by atoms with E-state index in [2.05, 4.69) is 5.32 Å². The van der Waals surface area contributed by atoms with E-state index in [-0.39, 0.29) is 24.4 Å². The third-order valence-electron chi connectivity index (χ3n) is 6.71. The van der Waals surface area contributed by atoms with Gasteiger partial charge in [-0.3, -0.25) is 13.9 Å². The van der Waals surface area contributed by atoms with Crippen molar-refractivity contribution in [3.05, 3.63) is 101 Å². The Kier molecular flexibility index (Phi) is 10.8. The fraction of sp³-hybridized carbons (Fsp3) is 0.355. The lowest BCUT2D eigenvalue weighted by Crippen LogP contribution is -2.53. The van der Waals surface area contributed by atoms with E-state index < -0.39 is 34.3 Å². The lowest BCUT2D eigenvalue weighted by Gasteiger charge is -2.34. The summed E-state index contributed by atoms with van der Waals surface area (Å²) in [6, 6.07) is 19.7. The van der Waals surface area contributed by atoms with Gasteiger partial charge >= 0.3 is 0 Å². The van der Waals surface area contributed by atoms with E-state index in [0.29, 0.717) is 17.8 Å². The molecule has 3 aromatic rings. The van der Waals surface area contributed by atoms with Crippen molar-refractivity contribution in [2.75, 3.05) is 23.7 Å². The predicted octanol–water partition coefficient (Wildman–Crippen LogP) is 4.76. The van der Waals surface area contributed by atoms with Gasteiger partial charge in [-0.05, 0) is 49.1 Å². The van der Waals surface area contributed by atoms with Crippen molar-refractivity contribution in [3.8, 4) is 0 Å². The highest BCUT2D eigenvalue weighted by atomic mass is 32.2. The quantitative estimate of drug-likeness (QED) is 0.302. The van der Waals surface area contributed by atoms with Crippen molar-refractivity contribution in [1.29, 1.82) is 0 Å². The Balaban J connectivity index is 2.07. The molecule has 2 amide bonds. The highest BCUT2D eigenvalue weighted by Gasteiger charge is 2.33. The number of anilines is 1. The molecular formula is C31H38FN3O4S. The first kappa shape index (κ1) is 30.8. The van der Waals surface area contributed by atoms with Gasteiger partial charge in [0, 0.05) is 25.1 Å². The van der Waals surface area contributed by atoms with Crippen LogP contribution in [0.5, 0.6) is 0 Å². The number of sulfonamides is 1. The van der Waals surface area contributed by atoms with Gasteiger partial charge in [-0.25, -0.2) is 12.8 Å². The molecule has 0 aromatic heterocycles. The average molecular weight is 568 g/mol. The Morgan fingerprint density at radius 1 is 0.975 bits per heavy atom. The molecule has 0 spiro atoms. The summed E-state index contributed by atoms with van der Waals surface area (Å²) in [5.41, 5.74) is 2.95. The molecule has 0 saturated carbocycles. The van der Waals surface area contributed by atoms with Crippen LogP contribution in [0, 0.1) is 19.7 Å². The molecular weight excluding hydrogens is 529 g/mol. The van der Waals surface area contributed by atoms with Crippen molar-refractivity contribution in [2.45, 2.75) is 52.6 Å². The van der Waals surface area contributed by atoms with E-state index in [1.54, 1.807) is 37.3 Å². The highest BCUT2D eigenvalue weighted by Crippen LogP contribution is 2.25. The molecule has 0 heterocycles. The van der Waals surface area contributed by atoms with E-state index in [1.807, 2.05) is 50.2 Å². The standard InChI is InChI=1S/C31H38FN3O4S/c1-5-6-18-33-31(37)29(20-25-12-8-7-9-13-25)34(21-26-14-10-11-15-27(26)32)30(36)22-35(40(4,38)39)28-19-23(2)16-17-24(28)3/h7-17,19,29H,5-6,18,20-22H2,1-4H3,(H,33,37)/t29-/m1/s1. The number of nitrogens with zero attached hydrogens (tertiary/aromatic N) is 2. The van der Waals surface area contributed by atoms with Crippen LogP contribution >= 0.6 is 0 Å². The fourth-order valence-electron chi connectivity index (χ4n) is 4.45. The maximum absolute atomic E-state index is 14.8. The van der Waals surface area contributed by atoms with Gasteiger partial charge in [0.05, 0.1) is 11.9 Å². The van der Waals surface area contributed by atoms with Crippen LogP contribution < -0.4 is 9.62 Å². The SMILES string of the molecule is CCCCNC(=O)[C@@H](Cc1ccccc1)N(Cc1ccccc1F)C(=O)CN(c1cc(C)ccc1C)S(C)(=O)=O. The number of carbonyl (C=O) groups excluding carboxylic acids is 2. The topological polar surface area (TPSA) is 86.8 Å². The van der Waals surface area contributed by atoms with Gasteiger partial charge in [-0.1, -0.05) is 74.0 Å². The number of carbonyl (C=O) groups is 2. The Morgan fingerprint density at radius 2 is 1.65 bits per heavy atom. The lowest BCUT2D eigenvalue weighted by molar-refractivity contribution is -0.140. The summed E-state index contributed by atoms with van der Waals surface area (Å²) < 4.78 is 41.8. The molecule has 0 aliphatic carbocycles. The number of unbranched alkanes of at least 4 members (excludes halogenated alkanes) is 1. The first-order valence-electron chi connectivity index (χ1n) is 13.4. The maximum atomic E-state index is 14.8. The fourth-order valence-corrected chi connectivity index (χ4v) is 5.35. The molecule has 9 heteroatoms. The summed E-state index contributed by atoms with van der Waals surface area (Å²) in [6.45, 7) is 5.31. The number of hydrogen-bond donors (Lipinski definition) is 1. The van der Waals surface area contributed by atoms with Gasteiger partial charge in [-0.2, -0.15) is 0 Å². The summed E-state index contributed by atoms with van der Waals surface area (Å²) in [4.78, 5) is 28.9. The molecule has 0 unspecified atom stereocenters. The van der Waals surface area contributed by atoms with Crippen LogP contribution in [-0.4, -0.2) is 50.5 Å². The zero-order chi connectivity index (χ0) is 29.3. The van der Waals surface area contributed by atoms with Crippen LogP contribution in [0.25, 0.3) is 0 Å². The smallest absolute Gasteiger partial charge is 0.244 e. The third kappa shape index (κ3) is 8.39. The van der Waals surface area contributed by atoms with Gasteiger partial charge < -0.3 is 10.2 Å². The molecule has 3 rings (SSSR count). The van der Waals surface area contributed by atoms with Crippen LogP contribution in [0.15, 0.2) is 72.8 Å². The van der Waals surface area contributed by atoms with Gasteiger partial charge in [0.25, 0.3) is 0 Å². The summed E-state index contributed by atoms with van der Waals surface area (Å²) in [5.74, 6) is -1.50. The zero-order valence-electron chi connectivity index (χ0n) is 23.6. The van der Waals surface area contributed by atoms with Crippen molar-refractivity contribution >= 4 is 27.5 Å². The molecule has 0 bridgehead atoms. The molecule has 7 nitrogen and oxygen atoms in total. The van der Waals surface area contributed by atoms with Crippen LogP contribution in [0.2, 0.25) is 0 Å². The number of amides is 2. The molecule has 0 radical (unpaired) electrons. The minimum absolute atomic E-state index is 0.182. The third-order valence-corrected chi connectivity index (χ3v) is 7.84. The van der Waals surface area contributed by atoms with Gasteiger partial charge in [0.2, 0.25) is 21.8 Å². The molecule has 0 aliphatic heterocycles. The maximum Gasteiger partial charge on any atom is 0.244 e. The Morgan fingerprint density at radius 3 is 2.30 bits per heavy atom. The Hall–Kier alpha value is -3.72. The highest BCUT2D eigenvalue weighted by molar-refractivity contribution is 7.92. The largest absolute Gasteiger partial charge is 0.354 e. The molecule has 1 atom stereocenters. The molecule has 0 saturated heterocycles. The van der Waals surface area contributed by atoms with Crippen molar-refractivity contribution in [2.24, 2.45) is 0 Å². The van der Waals surface area contributed by atoms with Gasteiger partial charge in [0.15, 0.2) is 0 Å². The number of hydrogen-bond acceptors (Lipinski definition) is 4. The summed E-state index contributed by atoms with van der Waals surface area (Å²) in [5, 5.41) is 2.91. The predicted molar refractivity (Wildman–Crippen MR) is 157 cm³/mol. The molecule has 1 N–H and O–H groups in total. The second-order valence-corrected chi connectivity index (χ2v) is 11.9. The summed E-state index contributed by atoms with van der Waals surface area (Å²) in [6.07, 6.45) is 2.86. The number of rotatable bonds is 13.